The fraction of sp³-hybridized carbons (Fsp3) is 0.500. The Hall–Kier alpha value is -1.83. The quantitative estimate of drug-likeness (QED) is 0.628. The zero-order chi connectivity index (χ0) is 17.0. The van der Waals surface area contributed by atoms with Crippen LogP contribution in [0.15, 0.2) is 59.8 Å². The van der Waals surface area contributed by atoms with E-state index < -0.39 is 0 Å². The molecule has 3 rings (SSSR count). The maximum Gasteiger partial charge on any atom is 0.102 e. The van der Waals surface area contributed by atoms with Gasteiger partial charge in [0.1, 0.15) is 5.76 Å². The Labute approximate surface area is 146 Å². The highest BCUT2D eigenvalue weighted by molar-refractivity contribution is 6.03. The summed E-state index contributed by atoms with van der Waals surface area (Å²) in [7, 11) is 0. The van der Waals surface area contributed by atoms with Gasteiger partial charge < -0.3 is 4.74 Å². The number of hydrogen-bond acceptors (Lipinski definition) is 2. The third-order valence-corrected chi connectivity index (χ3v) is 5.81. The first-order valence-electron chi connectivity index (χ1n) is 9.28. The van der Waals surface area contributed by atoms with Crippen molar-refractivity contribution in [3.8, 4) is 0 Å². The molecule has 0 radical (unpaired) electrons. The molecule has 1 saturated carbocycles. The second-order valence-corrected chi connectivity index (χ2v) is 7.03. The summed E-state index contributed by atoms with van der Waals surface area (Å²) in [5.74, 6) is 2.03. The van der Waals surface area contributed by atoms with E-state index in [0.717, 1.165) is 18.9 Å². The zero-order valence-corrected chi connectivity index (χ0v) is 15.0. The van der Waals surface area contributed by atoms with Gasteiger partial charge in [-0.15, -0.1) is 6.58 Å². The van der Waals surface area contributed by atoms with Crippen molar-refractivity contribution in [2.45, 2.75) is 46.1 Å². The molecule has 0 aliphatic heterocycles. The Morgan fingerprint density at radius 3 is 2.83 bits per heavy atom. The molecule has 24 heavy (non-hydrogen) atoms. The van der Waals surface area contributed by atoms with Crippen LogP contribution in [0.3, 0.4) is 0 Å². The highest BCUT2D eigenvalue weighted by Crippen LogP contribution is 2.55. The molecule has 128 valence electrons. The van der Waals surface area contributed by atoms with Crippen molar-refractivity contribution in [2.75, 3.05) is 6.61 Å². The van der Waals surface area contributed by atoms with Crippen LogP contribution in [0.1, 0.15) is 45.1 Å². The number of allylic oxidation sites excluding steroid dienone is 3. The van der Waals surface area contributed by atoms with Crippen LogP contribution in [0.5, 0.6) is 0 Å². The highest BCUT2D eigenvalue weighted by atomic mass is 16.5. The second-order valence-electron chi connectivity index (χ2n) is 7.03. The van der Waals surface area contributed by atoms with Crippen LogP contribution < -0.4 is 0 Å². The fourth-order valence-electron chi connectivity index (χ4n) is 4.52. The van der Waals surface area contributed by atoms with Crippen LogP contribution in [0.2, 0.25) is 0 Å². The van der Waals surface area contributed by atoms with Gasteiger partial charge in [0.15, 0.2) is 0 Å². The van der Waals surface area contributed by atoms with Gasteiger partial charge in [-0.2, -0.15) is 0 Å². The number of nitrogens with zero attached hydrogens (tertiary/aromatic N) is 1. The molecule has 1 aromatic carbocycles. The van der Waals surface area contributed by atoms with E-state index in [1.165, 1.54) is 37.0 Å². The third kappa shape index (κ3) is 2.94. The minimum atomic E-state index is 0.0826. The second kappa shape index (κ2) is 7.38. The number of hydrogen-bond donors (Lipinski definition) is 0. The van der Waals surface area contributed by atoms with Gasteiger partial charge in [0, 0.05) is 17.0 Å². The van der Waals surface area contributed by atoms with E-state index >= 15 is 0 Å². The number of aliphatic imine (C=N–C) groups is 1. The maximum absolute atomic E-state index is 6.02. The lowest BCUT2D eigenvalue weighted by Gasteiger charge is -2.44. The van der Waals surface area contributed by atoms with Gasteiger partial charge in [0.25, 0.3) is 0 Å². The van der Waals surface area contributed by atoms with Crippen LogP contribution in [0, 0.1) is 17.3 Å². The Bertz CT molecular complexity index is 631. The Balaban J connectivity index is 1.97. The number of rotatable bonds is 6. The monoisotopic (exact) mass is 323 g/mol. The summed E-state index contributed by atoms with van der Waals surface area (Å²) in [6.45, 7) is 9.93. The van der Waals surface area contributed by atoms with Gasteiger partial charge in [-0.05, 0) is 37.3 Å². The molecule has 1 unspecified atom stereocenters. The van der Waals surface area contributed by atoms with E-state index in [-0.39, 0.29) is 5.41 Å². The maximum atomic E-state index is 6.02. The molecule has 2 aliphatic rings. The molecule has 1 aromatic rings. The van der Waals surface area contributed by atoms with Gasteiger partial charge in [0.05, 0.1) is 13.2 Å². The minimum absolute atomic E-state index is 0.0826. The molecule has 0 N–H and O–H groups in total. The molecule has 2 aliphatic carbocycles. The zero-order valence-electron chi connectivity index (χ0n) is 15.0. The molecule has 0 aromatic heterocycles. The van der Waals surface area contributed by atoms with Crippen molar-refractivity contribution in [1.82, 2.24) is 0 Å². The molecule has 0 bridgehead atoms. The van der Waals surface area contributed by atoms with Crippen LogP contribution >= 0.6 is 0 Å². The predicted octanol–water partition coefficient (Wildman–Crippen LogP) is 5.56. The molecule has 0 heterocycles. The van der Waals surface area contributed by atoms with Crippen LogP contribution in [-0.2, 0) is 11.3 Å². The lowest BCUT2D eigenvalue weighted by Crippen LogP contribution is -2.42. The molecule has 3 atom stereocenters. The first kappa shape index (κ1) is 17.0. The summed E-state index contributed by atoms with van der Waals surface area (Å²) >= 11 is 0. The summed E-state index contributed by atoms with van der Waals surface area (Å²) in [5.41, 5.74) is 2.57. The van der Waals surface area contributed by atoms with Crippen molar-refractivity contribution >= 4 is 5.71 Å². The van der Waals surface area contributed by atoms with E-state index in [9.17, 15) is 0 Å². The Kier molecular flexibility index (Phi) is 5.23. The smallest absolute Gasteiger partial charge is 0.102 e. The normalized spacial score (nSPS) is 29.0. The van der Waals surface area contributed by atoms with Crippen molar-refractivity contribution in [3.63, 3.8) is 0 Å². The summed E-state index contributed by atoms with van der Waals surface area (Å²) in [6.07, 6.45) is 9.29. The van der Waals surface area contributed by atoms with Gasteiger partial charge in [-0.25, -0.2) is 0 Å². The van der Waals surface area contributed by atoms with Gasteiger partial charge in [-0.1, -0.05) is 56.2 Å². The molecule has 2 nitrogen and oxygen atoms in total. The van der Waals surface area contributed by atoms with Crippen molar-refractivity contribution in [3.05, 3.63) is 60.4 Å². The van der Waals surface area contributed by atoms with Gasteiger partial charge in [0.2, 0.25) is 0 Å². The average molecular weight is 323 g/mol. The summed E-state index contributed by atoms with van der Waals surface area (Å²) in [6, 6.07) is 10.5. The molecule has 0 saturated heterocycles. The molecular formula is C22H29NO. The lowest BCUT2D eigenvalue weighted by atomic mass is 9.60. The topological polar surface area (TPSA) is 21.6 Å². The fourth-order valence-corrected chi connectivity index (χ4v) is 4.52. The van der Waals surface area contributed by atoms with Crippen LogP contribution in [-0.4, -0.2) is 12.3 Å². The number of benzene rings is 1. The van der Waals surface area contributed by atoms with E-state index in [1.54, 1.807) is 0 Å². The van der Waals surface area contributed by atoms with E-state index in [0.29, 0.717) is 11.8 Å². The largest absolute Gasteiger partial charge is 0.498 e. The lowest BCUT2D eigenvalue weighted by molar-refractivity contribution is 0.0975. The average Bonchev–Trinajstić information content (AvgIpc) is 2.95. The first-order chi connectivity index (χ1) is 11.7. The van der Waals surface area contributed by atoms with Crippen molar-refractivity contribution in [2.24, 2.45) is 22.2 Å². The van der Waals surface area contributed by atoms with Crippen molar-refractivity contribution in [1.29, 1.82) is 0 Å². The SMILES string of the molecule is C=CC(C)[C@]12CCCC[C@H]1C(OCC)=CC2=NCc1ccccc1. The third-order valence-electron chi connectivity index (χ3n) is 5.81. The number of fused-ring (bicyclic) bond motifs is 1. The molecule has 2 heteroatoms. The summed E-state index contributed by atoms with van der Waals surface area (Å²) < 4.78 is 6.02. The minimum Gasteiger partial charge on any atom is -0.498 e. The van der Waals surface area contributed by atoms with Crippen LogP contribution in [0.4, 0.5) is 0 Å². The highest BCUT2D eigenvalue weighted by Gasteiger charge is 2.53. The summed E-state index contributed by atoms with van der Waals surface area (Å²) in [5, 5.41) is 0. The molecule has 0 spiro atoms. The van der Waals surface area contributed by atoms with E-state index in [4.69, 9.17) is 9.73 Å². The molecule has 0 amide bonds. The molecule has 1 fully saturated rings. The van der Waals surface area contributed by atoms with Crippen LogP contribution in [0.25, 0.3) is 0 Å². The summed E-state index contributed by atoms with van der Waals surface area (Å²) in [4.78, 5) is 5.06. The predicted molar refractivity (Wildman–Crippen MR) is 101 cm³/mol. The molecular weight excluding hydrogens is 294 g/mol. The van der Waals surface area contributed by atoms with Gasteiger partial charge >= 0.3 is 0 Å². The first-order valence-corrected chi connectivity index (χ1v) is 9.28. The van der Waals surface area contributed by atoms with Crippen molar-refractivity contribution < 1.29 is 4.74 Å². The number of ether oxygens (including phenoxy) is 1. The standard InChI is InChI=1S/C22H29NO/c1-4-17(3)22-14-10-9-13-19(22)20(24-5-2)15-21(22)23-16-18-11-7-6-8-12-18/h4,6-8,11-12,15,17,19H,1,5,9-10,13-14,16H2,2-3H3/t17?,19-,22+/m0/s1. The Morgan fingerprint density at radius 1 is 1.33 bits per heavy atom. The van der Waals surface area contributed by atoms with E-state index in [2.05, 4.69) is 62.9 Å². The van der Waals surface area contributed by atoms with E-state index in [1.807, 2.05) is 0 Å². The van der Waals surface area contributed by atoms with Gasteiger partial charge in [-0.3, -0.25) is 4.99 Å². The Morgan fingerprint density at radius 2 is 2.12 bits per heavy atom.